The number of para-hydroxylation sites is 1. The van der Waals surface area contributed by atoms with E-state index >= 15 is 0 Å². The number of rotatable bonds is 5. The van der Waals surface area contributed by atoms with Crippen molar-refractivity contribution >= 4 is 5.91 Å². The van der Waals surface area contributed by atoms with Gasteiger partial charge in [0.1, 0.15) is 18.1 Å². The number of carbonyl (C=O) groups is 1. The van der Waals surface area contributed by atoms with Crippen LogP contribution in [-0.4, -0.2) is 65.2 Å². The Hall–Kier alpha value is -2.34. The van der Waals surface area contributed by atoms with Crippen LogP contribution in [0.25, 0.3) is 0 Å². The lowest BCUT2D eigenvalue weighted by Crippen LogP contribution is -2.49. The molecule has 0 aliphatic carbocycles. The Morgan fingerprint density at radius 1 is 1.14 bits per heavy atom. The first-order valence-electron chi connectivity index (χ1n) is 7.52. The van der Waals surface area contributed by atoms with Gasteiger partial charge in [0.25, 0.3) is 5.91 Å². The normalized spacial score (nSPS) is 15.7. The number of ether oxygens (including phenoxy) is 1. The van der Waals surface area contributed by atoms with Crippen LogP contribution in [0.5, 0.6) is 5.75 Å². The molecule has 1 aliphatic heterocycles. The third-order valence-electron chi connectivity index (χ3n) is 3.81. The van der Waals surface area contributed by atoms with Crippen LogP contribution in [0.2, 0.25) is 0 Å². The number of carbonyl (C=O) groups excluding carboxylic acids is 1. The predicted molar refractivity (Wildman–Crippen MR) is 82.9 cm³/mol. The Kier molecular flexibility index (Phi) is 4.70. The number of hydrogen-bond acceptors (Lipinski definition) is 4. The lowest BCUT2D eigenvalue weighted by atomic mass is 10.3. The van der Waals surface area contributed by atoms with E-state index in [4.69, 9.17) is 4.74 Å². The second kappa shape index (κ2) is 7.09. The number of amides is 1. The molecule has 116 valence electrons. The van der Waals surface area contributed by atoms with Gasteiger partial charge in [0.15, 0.2) is 0 Å². The maximum Gasteiger partial charge on any atom is 0.271 e. The number of nitrogens with one attached hydrogen (secondary N) is 1. The molecule has 1 saturated heterocycles. The molecule has 0 unspecified atom stereocenters. The molecule has 1 aromatic carbocycles. The molecular formula is C16H20N4O2. The molecule has 1 fully saturated rings. The fourth-order valence-corrected chi connectivity index (χ4v) is 2.53. The molecular weight excluding hydrogens is 280 g/mol. The van der Waals surface area contributed by atoms with Gasteiger partial charge in [0, 0.05) is 38.9 Å². The van der Waals surface area contributed by atoms with E-state index in [1.165, 1.54) is 0 Å². The first-order valence-corrected chi connectivity index (χ1v) is 7.52. The van der Waals surface area contributed by atoms with Crippen molar-refractivity contribution < 1.29 is 9.53 Å². The van der Waals surface area contributed by atoms with Gasteiger partial charge in [0.2, 0.25) is 0 Å². The van der Waals surface area contributed by atoms with Crippen molar-refractivity contribution in [3.63, 3.8) is 0 Å². The Labute approximate surface area is 129 Å². The quantitative estimate of drug-likeness (QED) is 0.902. The molecule has 0 bridgehead atoms. The Morgan fingerprint density at radius 3 is 2.59 bits per heavy atom. The Balaban J connectivity index is 1.39. The lowest BCUT2D eigenvalue weighted by Gasteiger charge is -2.34. The number of benzene rings is 1. The van der Waals surface area contributed by atoms with E-state index in [9.17, 15) is 4.79 Å². The van der Waals surface area contributed by atoms with Crippen molar-refractivity contribution in [2.45, 2.75) is 0 Å². The van der Waals surface area contributed by atoms with Crippen molar-refractivity contribution in [2.75, 3.05) is 39.3 Å². The van der Waals surface area contributed by atoms with Crippen LogP contribution in [0.1, 0.15) is 10.5 Å². The molecule has 0 atom stereocenters. The van der Waals surface area contributed by atoms with Crippen molar-refractivity contribution in [3.8, 4) is 5.75 Å². The smallest absolute Gasteiger partial charge is 0.271 e. The van der Waals surface area contributed by atoms with Gasteiger partial charge >= 0.3 is 0 Å². The van der Waals surface area contributed by atoms with E-state index in [0.717, 1.165) is 38.5 Å². The highest BCUT2D eigenvalue weighted by atomic mass is 16.5. The van der Waals surface area contributed by atoms with E-state index in [-0.39, 0.29) is 5.91 Å². The summed E-state index contributed by atoms with van der Waals surface area (Å²) in [7, 11) is 0. The first kappa shape index (κ1) is 14.6. The minimum atomic E-state index is 0.0256. The summed E-state index contributed by atoms with van der Waals surface area (Å²) in [6.07, 6.45) is 1.60. The van der Waals surface area contributed by atoms with E-state index in [0.29, 0.717) is 12.3 Å². The van der Waals surface area contributed by atoms with Gasteiger partial charge in [-0.15, -0.1) is 0 Å². The van der Waals surface area contributed by atoms with E-state index in [1.54, 1.807) is 12.3 Å². The molecule has 6 nitrogen and oxygen atoms in total. The summed E-state index contributed by atoms with van der Waals surface area (Å²) in [5, 5.41) is 6.55. The molecule has 22 heavy (non-hydrogen) atoms. The summed E-state index contributed by atoms with van der Waals surface area (Å²) >= 11 is 0. The molecule has 1 amide bonds. The first-order chi connectivity index (χ1) is 10.8. The van der Waals surface area contributed by atoms with Gasteiger partial charge < -0.3 is 9.64 Å². The van der Waals surface area contributed by atoms with Crippen LogP contribution in [0.15, 0.2) is 42.6 Å². The summed E-state index contributed by atoms with van der Waals surface area (Å²) in [6, 6.07) is 11.5. The SMILES string of the molecule is O=C(c1ccn[nH]1)N1CCN(CCOc2ccccc2)CC1. The number of aromatic amines is 1. The van der Waals surface area contributed by atoms with Crippen molar-refractivity contribution in [2.24, 2.45) is 0 Å². The van der Waals surface area contributed by atoms with Crippen molar-refractivity contribution in [1.29, 1.82) is 0 Å². The average Bonchev–Trinajstić information content (AvgIpc) is 3.10. The highest BCUT2D eigenvalue weighted by Crippen LogP contribution is 2.09. The average molecular weight is 300 g/mol. The number of aromatic nitrogens is 2. The number of piperazine rings is 1. The molecule has 0 radical (unpaired) electrons. The van der Waals surface area contributed by atoms with E-state index in [2.05, 4.69) is 15.1 Å². The van der Waals surface area contributed by atoms with Crippen LogP contribution in [-0.2, 0) is 0 Å². The third-order valence-corrected chi connectivity index (χ3v) is 3.81. The van der Waals surface area contributed by atoms with E-state index < -0.39 is 0 Å². The van der Waals surface area contributed by atoms with Crippen LogP contribution in [0, 0.1) is 0 Å². The largest absolute Gasteiger partial charge is 0.492 e. The van der Waals surface area contributed by atoms with Crippen LogP contribution in [0.4, 0.5) is 0 Å². The molecule has 3 rings (SSSR count). The highest BCUT2D eigenvalue weighted by molar-refractivity contribution is 5.92. The molecule has 1 N–H and O–H groups in total. The maximum atomic E-state index is 12.2. The van der Waals surface area contributed by atoms with Gasteiger partial charge in [-0.2, -0.15) is 5.10 Å². The monoisotopic (exact) mass is 300 g/mol. The van der Waals surface area contributed by atoms with E-state index in [1.807, 2.05) is 35.2 Å². The number of hydrogen-bond donors (Lipinski definition) is 1. The molecule has 0 saturated carbocycles. The molecule has 6 heteroatoms. The zero-order valence-electron chi connectivity index (χ0n) is 12.4. The molecule has 0 spiro atoms. The topological polar surface area (TPSA) is 61.5 Å². The fraction of sp³-hybridized carbons (Fsp3) is 0.375. The molecule has 2 heterocycles. The minimum absolute atomic E-state index is 0.0256. The standard InChI is InChI=1S/C16H20N4O2/c21-16(15-6-7-17-18-15)20-10-8-19(9-11-20)12-13-22-14-4-2-1-3-5-14/h1-7H,8-13H2,(H,17,18). The van der Waals surface area contributed by atoms with Gasteiger partial charge in [-0.25, -0.2) is 0 Å². The van der Waals surface area contributed by atoms with Crippen molar-refractivity contribution in [3.05, 3.63) is 48.3 Å². The van der Waals surface area contributed by atoms with Gasteiger partial charge in [0.05, 0.1) is 0 Å². The summed E-state index contributed by atoms with van der Waals surface area (Å²) in [6.45, 7) is 4.77. The predicted octanol–water partition coefficient (Wildman–Crippen LogP) is 1.25. The highest BCUT2D eigenvalue weighted by Gasteiger charge is 2.22. The minimum Gasteiger partial charge on any atom is -0.492 e. The Bertz CT molecular complexity index is 577. The summed E-state index contributed by atoms with van der Waals surface area (Å²) in [5.74, 6) is 0.924. The van der Waals surface area contributed by atoms with Crippen molar-refractivity contribution in [1.82, 2.24) is 20.0 Å². The summed E-state index contributed by atoms with van der Waals surface area (Å²) in [4.78, 5) is 16.4. The summed E-state index contributed by atoms with van der Waals surface area (Å²) in [5.41, 5.74) is 0.556. The Morgan fingerprint density at radius 2 is 1.91 bits per heavy atom. The van der Waals surface area contributed by atoms with Gasteiger partial charge in [-0.3, -0.25) is 14.8 Å². The zero-order valence-corrected chi connectivity index (χ0v) is 12.4. The maximum absolute atomic E-state index is 12.2. The van der Waals surface area contributed by atoms with Crippen LogP contribution in [0.3, 0.4) is 0 Å². The third kappa shape index (κ3) is 3.65. The molecule has 1 aromatic heterocycles. The van der Waals surface area contributed by atoms with Gasteiger partial charge in [-0.05, 0) is 18.2 Å². The zero-order chi connectivity index (χ0) is 15.2. The molecule has 2 aromatic rings. The lowest BCUT2D eigenvalue weighted by molar-refractivity contribution is 0.0614. The second-order valence-electron chi connectivity index (χ2n) is 5.27. The molecule has 1 aliphatic rings. The second-order valence-corrected chi connectivity index (χ2v) is 5.27. The van der Waals surface area contributed by atoms with Crippen LogP contribution < -0.4 is 4.74 Å². The fourth-order valence-electron chi connectivity index (χ4n) is 2.53. The summed E-state index contributed by atoms with van der Waals surface area (Å²) < 4.78 is 5.71. The number of H-pyrrole nitrogens is 1. The number of nitrogens with zero attached hydrogens (tertiary/aromatic N) is 3. The van der Waals surface area contributed by atoms with Gasteiger partial charge in [-0.1, -0.05) is 18.2 Å². The van der Waals surface area contributed by atoms with Crippen LogP contribution >= 0.6 is 0 Å².